The monoisotopic (exact) mass is 681 g/mol. The summed E-state index contributed by atoms with van der Waals surface area (Å²) in [7, 11) is -7.99. The minimum absolute atomic E-state index is 0.00651. The number of amides is 6. The Morgan fingerprint density at radius 3 is 2.17 bits per heavy atom. The first-order valence-corrected chi connectivity index (χ1v) is 17.2. The molecule has 5 N–H and O–H groups in total. The van der Waals surface area contributed by atoms with Gasteiger partial charge in [-0.3, -0.25) is 15.0 Å². The number of urea groups is 2. The Kier molecular flexibility index (Phi) is 9.85. The third-order valence-corrected chi connectivity index (χ3v) is 9.43. The van der Waals surface area contributed by atoms with Crippen molar-refractivity contribution in [2.24, 2.45) is 0 Å². The van der Waals surface area contributed by atoms with Crippen LogP contribution in [-0.2, 0) is 40.9 Å². The third kappa shape index (κ3) is 7.53. The lowest BCUT2D eigenvalue weighted by atomic mass is 10.1. The third-order valence-electron chi connectivity index (χ3n) is 7.06. The van der Waals surface area contributed by atoms with Crippen LogP contribution in [0.25, 0.3) is 0 Å². The Balaban J connectivity index is 1.50. The summed E-state index contributed by atoms with van der Waals surface area (Å²) < 4.78 is 49.9. The maximum Gasteiger partial charge on any atom is 0.341 e. The van der Waals surface area contributed by atoms with Crippen LogP contribution in [0.15, 0.2) is 48.5 Å². The second kappa shape index (κ2) is 13.3. The molecule has 2 fully saturated rings. The van der Waals surface area contributed by atoms with Crippen LogP contribution in [0.4, 0.5) is 15.3 Å². The van der Waals surface area contributed by atoms with Gasteiger partial charge in [0.2, 0.25) is 26.0 Å². The van der Waals surface area contributed by atoms with E-state index >= 15 is 0 Å². The van der Waals surface area contributed by atoms with E-state index in [-0.39, 0.29) is 37.4 Å². The molecule has 0 spiro atoms. The topological polar surface area (TPSA) is 243 Å². The molecule has 2 saturated heterocycles. The van der Waals surface area contributed by atoms with Crippen LogP contribution in [0.1, 0.15) is 17.2 Å². The lowest BCUT2D eigenvalue weighted by molar-refractivity contribution is -0.142. The first-order valence-electron chi connectivity index (χ1n) is 13.5. The zero-order chi connectivity index (χ0) is 34.0. The van der Waals surface area contributed by atoms with Gasteiger partial charge in [0.05, 0.1) is 37.7 Å². The number of phenols is 1. The summed E-state index contributed by atoms with van der Waals surface area (Å²) in [5, 5.41) is 26.1. The highest BCUT2D eigenvalue weighted by molar-refractivity contribution is 7.89. The normalized spacial score (nSPS) is 18.3. The van der Waals surface area contributed by atoms with Gasteiger partial charge in [0.25, 0.3) is 5.91 Å². The van der Waals surface area contributed by atoms with E-state index in [4.69, 9.17) is 0 Å². The average molecular weight is 682 g/mol. The molecule has 2 aliphatic heterocycles. The number of carbonyl (C=O) groups is 5. The summed E-state index contributed by atoms with van der Waals surface area (Å²) >= 11 is 0. The number of phenolic OH excluding ortho intramolecular Hbond substituents is 1. The highest BCUT2D eigenvalue weighted by Gasteiger charge is 2.45. The number of benzene rings is 2. The number of nitrogens with zero attached hydrogens (tertiary/aromatic N) is 4. The van der Waals surface area contributed by atoms with Gasteiger partial charge in [0.1, 0.15) is 5.75 Å². The number of carboxylic acid groups (broad SMARTS) is 1. The molecule has 2 aliphatic rings. The number of imide groups is 1. The zero-order valence-electron chi connectivity index (χ0n) is 24.5. The fourth-order valence-corrected chi connectivity index (χ4v) is 6.67. The van der Waals surface area contributed by atoms with Crippen LogP contribution in [0.3, 0.4) is 0 Å². The van der Waals surface area contributed by atoms with Gasteiger partial charge in [0, 0.05) is 18.7 Å². The van der Waals surface area contributed by atoms with E-state index in [2.05, 4.69) is 16.1 Å². The van der Waals surface area contributed by atoms with Crippen LogP contribution in [0, 0.1) is 0 Å². The number of anilines is 1. The van der Waals surface area contributed by atoms with Crippen molar-refractivity contribution < 1.29 is 51.0 Å². The zero-order valence-corrected chi connectivity index (χ0v) is 26.1. The minimum atomic E-state index is -4.04. The van der Waals surface area contributed by atoms with Crippen LogP contribution in [0.5, 0.6) is 5.75 Å². The Bertz CT molecular complexity index is 1770. The van der Waals surface area contributed by atoms with Gasteiger partial charge in [-0.2, -0.15) is 9.31 Å². The summed E-state index contributed by atoms with van der Waals surface area (Å²) in [6.07, 6.45) is -0.549. The van der Waals surface area contributed by atoms with Crippen LogP contribution >= 0.6 is 0 Å². The summed E-state index contributed by atoms with van der Waals surface area (Å²) in [6.45, 7) is -1.03. The molecule has 46 heavy (non-hydrogen) atoms. The molecule has 248 valence electrons. The van der Waals surface area contributed by atoms with E-state index in [0.717, 1.165) is 21.8 Å². The Hall–Kier alpha value is -4.79. The van der Waals surface area contributed by atoms with Crippen LogP contribution in [-0.4, -0.2) is 120 Å². The quantitative estimate of drug-likeness (QED) is 0.191. The van der Waals surface area contributed by atoms with Crippen LogP contribution in [0.2, 0.25) is 0 Å². The molecule has 6 amide bonds. The standard InChI is InChI=1S/C26H31N7O11S2/c1-45(41,42)32-14-12-31(29-25(39)30-11-13-33(26(30)40)46(2,43)44)23(32)22(36)27-18-10-6-9-17(21(18)35)15-19(34)28-20(24(37)38)16-7-4-3-5-8-16/h3-10,20,23,35H,11-15H2,1-2H3,(H,27,36)(H,28,34)(H,29,39)(H,37,38)/t20?,23-/m1/s1. The molecule has 0 saturated carbocycles. The smallest absolute Gasteiger partial charge is 0.341 e. The van der Waals surface area contributed by atoms with E-state index in [1.54, 1.807) is 18.2 Å². The SMILES string of the molecule is CS(=O)(=O)N1CCN(C(=O)NN2CCN(S(C)(=O)=O)[C@@H]2C(=O)Nc2cccc(CC(=O)NC(C(=O)O)c3ccccc3)c2O)C1=O. The molecule has 0 aliphatic carbocycles. The van der Waals surface area contributed by atoms with E-state index in [0.29, 0.717) is 14.8 Å². The van der Waals surface area contributed by atoms with E-state index in [1.165, 1.54) is 30.3 Å². The fourth-order valence-electron chi connectivity index (χ4n) is 4.89. The number of hydrogen-bond acceptors (Lipinski definition) is 11. The number of sulfonamides is 2. The first kappa shape index (κ1) is 34.1. The second-order valence-electron chi connectivity index (χ2n) is 10.4. The van der Waals surface area contributed by atoms with Crippen molar-refractivity contribution in [2.45, 2.75) is 18.6 Å². The maximum atomic E-state index is 13.5. The van der Waals surface area contributed by atoms with Crippen molar-refractivity contribution in [3.63, 3.8) is 0 Å². The van der Waals surface area contributed by atoms with Gasteiger partial charge in [-0.15, -0.1) is 0 Å². The van der Waals surface area contributed by atoms with Gasteiger partial charge >= 0.3 is 18.0 Å². The van der Waals surface area contributed by atoms with Crippen molar-refractivity contribution in [1.82, 2.24) is 29.3 Å². The average Bonchev–Trinajstić information content (AvgIpc) is 3.58. The van der Waals surface area contributed by atoms with E-state index in [9.17, 15) is 51.0 Å². The molecule has 1 unspecified atom stereocenters. The summed E-state index contributed by atoms with van der Waals surface area (Å²) in [5.41, 5.74) is 2.38. The number of para-hydroxylation sites is 1. The minimum Gasteiger partial charge on any atom is -0.505 e. The number of aliphatic carboxylic acids is 1. The van der Waals surface area contributed by atoms with Crippen molar-refractivity contribution in [3.8, 4) is 5.75 Å². The number of carboxylic acids is 1. The molecule has 0 radical (unpaired) electrons. The molecule has 4 rings (SSSR count). The molecular formula is C26H31N7O11S2. The molecule has 2 heterocycles. The van der Waals surface area contributed by atoms with Gasteiger partial charge < -0.3 is 20.8 Å². The van der Waals surface area contributed by atoms with Crippen molar-refractivity contribution in [1.29, 1.82) is 0 Å². The summed E-state index contributed by atoms with van der Waals surface area (Å²) in [5.74, 6) is -3.65. The summed E-state index contributed by atoms with van der Waals surface area (Å²) in [6, 6.07) is 8.37. The van der Waals surface area contributed by atoms with Gasteiger partial charge in [-0.1, -0.05) is 42.5 Å². The lowest BCUT2D eigenvalue weighted by Crippen LogP contribution is -2.58. The first-order chi connectivity index (χ1) is 21.5. The predicted octanol–water partition coefficient (Wildman–Crippen LogP) is -0.960. The maximum absolute atomic E-state index is 13.5. The van der Waals surface area contributed by atoms with Crippen molar-refractivity contribution in [3.05, 3.63) is 59.7 Å². The van der Waals surface area contributed by atoms with Gasteiger partial charge in [-0.05, 0) is 11.6 Å². The highest BCUT2D eigenvalue weighted by atomic mass is 32.2. The lowest BCUT2D eigenvalue weighted by Gasteiger charge is -2.29. The Labute approximate surface area is 263 Å². The van der Waals surface area contributed by atoms with Crippen molar-refractivity contribution in [2.75, 3.05) is 44.0 Å². The number of hydrogen-bond donors (Lipinski definition) is 5. The fraction of sp³-hybridized carbons (Fsp3) is 0.346. The number of aromatic hydroxyl groups is 1. The molecule has 0 aromatic heterocycles. The molecule has 18 nitrogen and oxygen atoms in total. The number of carbonyl (C=O) groups excluding carboxylic acids is 4. The number of hydrazine groups is 1. The van der Waals surface area contributed by atoms with Crippen LogP contribution < -0.4 is 16.1 Å². The predicted molar refractivity (Wildman–Crippen MR) is 160 cm³/mol. The molecular weight excluding hydrogens is 650 g/mol. The Morgan fingerprint density at radius 1 is 0.913 bits per heavy atom. The second-order valence-corrected chi connectivity index (χ2v) is 14.2. The molecule has 2 aromatic carbocycles. The molecule has 2 atom stereocenters. The van der Waals surface area contributed by atoms with Gasteiger partial charge in [-0.25, -0.2) is 40.4 Å². The molecule has 0 bridgehead atoms. The highest BCUT2D eigenvalue weighted by Crippen LogP contribution is 2.29. The largest absolute Gasteiger partial charge is 0.505 e. The summed E-state index contributed by atoms with van der Waals surface area (Å²) in [4.78, 5) is 63.9. The van der Waals surface area contributed by atoms with Gasteiger partial charge in [0.15, 0.2) is 12.2 Å². The Morgan fingerprint density at radius 2 is 1.59 bits per heavy atom. The van der Waals surface area contributed by atoms with E-state index < -0.39 is 74.3 Å². The number of rotatable bonds is 10. The molecule has 20 heteroatoms. The van der Waals surface area contributed by atoms with E-state index in [1.807, 2.05) is 0 Å². The number of nitrogens with one attached hydrogen (secondary N) is 3. The molecule has 2 aromatic rings. The van der Waals surface area contributed by atoms with Crippen molar-refractivity contribution >= 4 is 55.6 Å².